The summed E-state index contributed by atoms with van der Waals surface area (Å²) in [7, 11) is 0. The van der Waals surface area contributed by atoms with Crippen molar-refractivity contribution in [1.82, 2.24) is 5.32 Å². The van der Waals surface area contributed by atoms with Gasteiger partial charge in [-0.2, -0.15) is 0 Å². The van der Waals surface area contributed by atoms with Crippen molar-refractivity contribution >= 4 is 0 Å². The van der Waals surface area contributed by atoms with Crippen LogP contribution in [0.3, 0.4) is 0 Å². The Hall–Kier alpha value is -0.890. The minimum atomic E-state index is -0.104. The summed E-state index contributed by atoms with van der Waals surface area (Å²) < 4.78 is 13.2. The van der Waals surface area contributed by atoms with Gasteiger partial charge in [-0.1, -0.05) is 13.0 Å². The molecule has 1 aliphatic rings. The first-order chi connectivity index (χ1) is 8.20. The fourth-order valence-corrected chi connectivity index (χ4v) is 2.65. The molecule has 94 valence electrons. The lowest BCUT2D eigenvalue weighted by Gasteiger charge is -2.37. The van der Waals surface area contributed by atoms with Crippen LogP contribution in [0.25, 0.3) is 0 Å². The minimum Gasteiger partial charge on any atom is -0.317 e. The summed E-state index contributed by atoms with van der Waals surface area (Å²) in [5.74, 6) is 1.43. The molecule has 0 saturated heterocycles. The summed E-state index contributed by atoms with van der Waals surface area (Å²) in [6, 6.07) is 5.15. The predicted octanol–water partition coefficient (Wildman–Crippen LogP) is 3.31. The van der Waals surface area contributed by atoms with Crippen molar-refractivity contribution in [2.24, 2.45) is 11.8 Å². The van der Waals surface area contributed by atoms with Gasteiger partial charge in [-0.25, -0.2) is 4.39 Å². The molecule has 1 aromatic carbocycles. The minimum absolute atomic E-state index is 0.104. The van der Waals surface area contributed by atoms with E-state index < -0.39 is 0 Å². The Morgan fingerprint density at radius 2 is 2.06 bits per heavy atom. The van der Waals surface area contributed by atoms with Crippen molar-refractivity contribution in [3.05, 3.63) is 35.1 Å². The molecular weight excluding hydrogens is 213 g/mol. The van der Waals surface area contributed by atoms with E-state index in [2.05, 4.69) is 19.2 Å². The summed E-state index contributed by atoms with van der Waals surface area (Å²) in [4.78, 5) is 0. The fourth-order valence-electron chi connectivity index (χ4n) is 2.65. The lowest BCUT2D eigenvalue weighted by Crippen LogP contribution is -2.36. The normalized spacial score (nSPS) is 23.5. The molecule has 0 aromatic heterocycles. The smallest absolute Gasteiger partial charge is 0.123 e. The van der Waals surface area contributed by atoms with Crippen molar-refractivity contribution < 1.29 is 4.39 Å². The molecule has 2 unspecified atom stereocenters. The number of halogens is 1. The molecule has 0 spiro atoms. The van der Waals surface area contributed by atoms with Crippen molar-refractivity contribution in [3.63, 3.8) is 0 Å². The summed E-state index contributed by atoms with van der Waals surface area (Å²) in [6.07, 6.45) is 3.66. The number of hydrogen-bond donors (Lipinski definition) is 1. The quantitative estimate of drug-likeness (QED) is 0.825. The second-order valence-corrected chi connectivity index (χ2v) is 5.18. The Morgan fingerprint density at radius 3 is 2.71 bits per heavy atom. The molecule has 1 fully saturated rings. The first-order valence-electron chi connectivity index (χ1n) is 6.66. The number of aryl methyl sites for hydroxylation is 1. The molecule has 2 atom stereocenters. The van der Waals surface area contributed by atoms with Gasteiger partial charge in [0.25, 0.3) is 0 Å². The highest BCUT2D eigenvalue weighted by molar-refractivity contribution is 5.27. The van der Waals surface area contributed by atoms with Crippen LogP contribution in [0.1, 0.15) is 30.9 Å². The summed E-state index contributed by atoms with van der Waals surface area (Å²) >= 11 is 0. The Labute approximate surface area is 103 Å². The molecule has 0 bridgehead atoms. The third kappa shape index (κ3) is 3.06. The maximum Gasteiger partial charge on any atom is 0.123 e. The van der Waals surface area contributed by atoms with Crippen molar-refractivity contribution in [2.45, 2.75) is 33.1 Å². The second-order valence-electron chi connectivity index (χ2n) is 5.18. The Kier molecular flexibility index (Phi) is 4.16. The predicted molar refractivity (Wildman–Crippen MR) is 69.6 cm³/mol. The zero-order chi connectivity index (χ0) is 12.3. The molecule has 0 aliphatic heterocycles. The van der Waals surface area contributed by atoms with Crippen LogP contribution in [0.2, 0.25) is 0 Å². The van der Waals surface area contributed by atoms with Gasteiger partial charge in [-0.05, 0) is 74.4 Å². The average Bonchev–Trinajstić information content (AvgIpc) is 2.29. The van der Waals surface area contributed by atoms with Gasteiger partial charge in [0.1, 0.15) is 5.82 Å². The van der Waals surface area contributed by atoms with E-state index in [0.717, 1.165) is 31.3 Å². The van der Waals surface area contributed by atoms with Crippen LogP contribution < -0.4 is 5.32 Å². The first kappa shape index (κ1) is 12.6. The maximum absolute atomic E-state index is 13.2. The Morgan fingerprint density at radius 1 is 1.29 bits per heavy atom. The zero-order valence-corrected chi connectivity index (χ0v) is 10.8. The maximum atomic E-state index is 13.2. The van der Waals surface area contributed by atoms with Gasteiger partial charge in [0, 0.05) is 0 Å². The average molecular weight is 235 g/mol. The standard InChI is InChI=1S/C15H22FN/c1-3-17-10-13-6-5-12(13)8-14-9-15(16)7-4-11(14)2/h4,7,9,12-13,17H,3,5-6,8,10H2,1-2H3. The van der Waals surface area contributed by atoms with E-state index in [0.29, 0.717) is 0 Å². The Bertz CT molecular complexity index is 375. The van der Waals surface area contributed by atoms with Gasteiger partial charge >= 0.3 is 0 Å². The van der Waals surface area contributed by atoms with E-state index >= 15 is 0 Å². The molecule has 2 rings (SSSR count). The molecule has 1 saturated carbocycles. The molecule has 0 heterocycles. The van der Waals surface area contributed by atoms with Crippen LogP contribution in [0.15, 0.2) is 18.2 Å². The van der Waals surface area contributed by atoms with E-state index in [-0.39, 0.29) is 5.82 Å². The van der Waals surface area contributed by atoms with Crippen molar-refractivity contribution in [1.29, 1.82) is 0 Å². The highest BCUT2D eigenvalue weighted by Gasteiger charge is 2.30. The summed E-state index contributed by atoms with van der Waals surface area (Å²) in [5, 5.41) is 3.42. The second kappa shape index (κ2) is 5.63. The topological polar surface area (TPSA) is 12.0 Å². The van der Waals surface area contributed by atoms with Crippen molar-refractivity contribution in [3.8, 4) is 0 Å². The molecule has 1 nitrogen and oxygen atoms in total. The largest absolute Gasteiger partial charge is 0.317 e. The number of rotatable bonds is 5. The summed E-state index contributed by atoms with van der Waals surface area (Å²) in [6.45, 7) is 6.38. The van der Waals surface area contributed by atoms with Gasteiger partial charge in [0.05, 0.1) is 0 Å². The van der Waals surface area contributed by atoms with Crippen molar-refractivity contribution in [2.75, 3.05) is 13.1 Å². The van der Waals surface area contributed by atoms with Gasteiger partial charge in [0.15, 0.2) is 0 Å². The van der Waals surface area contributed by atoms with Gasteiger partial charge in [0.2, 0.25) is 0 Å². The number of benzene rings is 1. The Balaban J connectivity index is 1.94. The fraction of sp³-hybridized carbons (Fsp3) is 0.600. The zero-order valence-electron chi connectivity index (χ0n) is 10.8. The lowest BCUT2D eigenvalue weighted by molar-refractivity contribution is 0.171. The van der Waals surface area contributed by atoms with Crippen LogP contribution in [-0.2, 0) is 6.42 Å². The van der Waals surface area contributed by atoms with E-state index in [4.69, 9.17) is 0 Å². The van der Waals surface area contributed by atoms with Crippen LogP contribution in [-0.4, -0.2) is 13.1 Å². The number of hydrogen-bond acceptors (Lipinski definition) is 1. The molecule has 1 aliphatic carbocycles. The van der Waals surface area contributed by atoms with Gasteiger partial charge in [-0.15, -0.1) is 0 Å². The molecule has 1 N–H and O–H groups in total. The highest BCUT2D eigenvalue weighted by atomic mass is 19.1. The number of nitrogens with one attached hydrogen (secondary N) is 1. The van der Waals surface area contributed by atoms with E-state index in [1.807, 2.05) is 6.07 Å². The molecular formula is C15H22FN. The molecule has 0 amide bonds. The van der Waals surface area contributed by atoms with Crippen LogP contribution in [0, 0.1) is 24.6 Å². The monoisotopic (exact) mass is 235 g/mol. The molecule has 2 heteroatoms. The third-order valence-electron chi connectivity index (χ3n) is 4.02. The first-order valence-corrected chi connectivity index (χ1v) is 6.66. The third-order valence-corrected chi connectivity index (χ3v) is 4.02. The van der Waals surface area contributed by atoms with Crippen LogP contribution in [0.5, 0.6) is 0 Å². The van der Waals surface area contributed by atoms with E-state index in [1.165, 1.54) is 24.0 Å². The van der Waals surface area contributed by atoms with Gasteiger partial charge < -0.3 is 5.32 Å². The van der Waals surface area contributed by atoms with E-state index in [9.17, 15) is 4.39 Å². The lowest BCUT2D eigenvalue weighted by atomic mass is 9.70. The van der Waals surface area contributed by atoms with Crippen LogP contribution >= 0.6 is 0 Å². The van der Waals surface area contributed by atoms with Gasteiger partial charge in [-0.3, -0.25) is 0 Å². The summed E-state index contributed by atoms with van der Waals surface area (Å²) in [5.41, 5.74) is 2.41. The van der Waals surface area contributed by atoms with Crippen LogP contribution in [0.4, 0.5) is 4.39 Å². The molecule has 0 radical (unpaired) electrons. The molecule has 1 aromatic rings. The molecule has 17 heavy (non-hydrogen) atoms. The van der Waals surface area contributed by atoms with E-state index in [1.54, 1.807) is 12.1 Å². The SMILES string of the molecule is CCNCC1CCC1Cc1cc(F)ccc1C. The highest BCUT2D eigenvalue weighted by Crippen LogP contribution is 2.36.